The second kappa shape index (κ2) is 11.0. The minimum Gasteiger partial charge on any atom is -0.455 e. The standard InChI is InChI=1S/C45H27N3O2S/c1-2-11-26(12-3-1)43-46-44(48-45(47-43)35-20-10-18-33-30-14-5-7-22-39(30)51-42(33)35)34-19-9-17-32-36-25-27(23-24-38(36)50-41(32)34)28-15-8-16-31-29-13-4-6-21-37(29)49-40(28)31/h1-25,45H,(H,46,47,48). The second-order valence-corrected chi connectivity index (χ2v) is 14.0. The molecule has 51 heavy (non-hydrogen) atoms. The van der Waals surface area contributed by atoms with Crippen LogP contribution in [0, 0.1) is 0 Å². The molecule has 11 rings (SSSR count). The average Bonchev–Trinajstić information content (AvgIpc) is 3.89. The number of thiophene rings is 1. The number of nitrogens with one attached hydrogen (secondary N) is 1. The van der Waals surface area contributed by atoms with E-state index in [1.165, 1.54) is 20.2 Å². The third-order valence-electron chi connectivity index (χ3n) is 9.97. The van der Waals surface area contributed by atoms with Crippen molar-refractivity contribution in [3.63, 3.8) is 0 Å². The number of rotatable bonds is 4. The monoisotopic (exact) mass is 673 g/mol. The van der Waals surface area contributed by atoms with Gasteiger partial charge in [0.05, 0.1) is 5.56 Å². The topological polar surface area (TPSA) is 63.0 Å². The first kappa shape index (κ1) is 28.3. The predicted octanol–water partition coefficient (Wildman–Crippen LogP) is 12.0. The smallest absolute Gasteiger partial charge is 0.163 e. The molecule has 0 amide bonds. The van der Waals surface area contributed by atoms with Crippen molar-refractivity contribution in [1.29, 1.82) is 0 Å². The van der Waals surface area contributed by atoms with Crippen molar-refractivity contribution < 1.29 is 8.83 Å². The predicted molar refractivity (Wildman–Crippen MR) is 211 cm³/mol. The van der Waals surface area contributed by atoms with Gasteiger partial charge in [-0.1, -0.05) is 121 Å². The van der Waals surface area contributed by atoms with Gasteiger partial charge in [-0.25, -0.2) is 9.98 Å². The molecule has 1 N–H and O–H groups in total. The zero-order valence-corrected chi connectivity index (χ0v) is 27.9. The number of para-hydroxylation sites is 3. The molecule has 0 aliphatic carbocycles. The Bertz CT molecular complexity index is 3070. The largest absolute Gasteiger partial charge is 0.455 e. The Hall–Kier alpha value is -6.50. The van der Waals surface area contributed by atoms with Crippen LogP contribution in [0.4, 0.5) is 0 Å². The molecule has 0 spiro atoms. The number of fused-ring (bicyclic) bond motifs is 9. The maximum Gasteiger partial charge on any atom is 0.163 e. The van der Waals surface area contributed by atoms with Crippen molar-refractivity contribution in [2.45, 2.75) is 6.17 Å². The van der Waals surface area contributed by atoms with Gasteiger partial charge in [0.15, 0.2) is 5.84 Å². The first-order valence-corrected chi connectivity index (χ1v) is 17.8. The van der Waals surface area contributed by atoms with Gasteiger partial charge in [0.2, 0.25) is 0 Å². The summed E-state index contributed by atoms with van der Waals surface area (Å²) in [6, 6.07) is 52.6. The van der Waals surface area contributed by atoms with Gasteiger partial charge < -0.3 is 14.2 Å². The van der Waals surface area contributed by atoms with E-state index in [2.05, 4.69) is 127 Å². The number of hydrogen-bond acceptors (Lipinski definition) is 6. The van der Waals surface area contributed by atoms with Crippen LogP contribution in [0.1, 0.15) is 22.9 Å². The molecule has 0 radical (unpaired) electrons. The highest BCUT2D eigenvalue weighted by molar-refractivity contribution is 7.26. The summed E-state index contributed by atoms with van der Waals surface area (Å²) >= 11 is 1.81. The SMILES string of the molecule is c1ccc(C2=NC(c3cccc4c3oc3ccc(-c5cccc6c5oc5ccccc56)cc34)=NC(c3cccc4c3sc3ccccc34)N2)cc1. The number of nitrogens with zero attached hydrogens (tertiary/aromatic N) is 2. The van der Waals surface area contributed by atoms with E-state index in [4.69, 9.17) is 18.8 Å². The van der Waals surface area contributed by atoms with Crippen LogP contribution in [0.2, 0.25) is 0 Å². The van der Waals surface area contributed by atoms with Crippen LogP contribution in [-0.2, 0) is 0 Å². The Morgan fingerprint density at radius 2 is 1.18 bits per heavy atom. The molecule has 3 aromatic heterocycles. The summed E-state index contributed by atoms with van der Waals surface area (Å²) in [4.78, 5) is 10.5. The minimum absolute atomic E-state index is 0.347. The van der Waals surface area contributed by atoms with E-state index in [0.717, 1.165) is 77.5 Å². The first-order chi connectivity index (χ1) is 25.3. The third kappa shape index (κ3) is 4.40. The van der Waals surface area contributed by atoms with E-state index in [9.17, 15) is 0 Å². The van der Waals surface area contributed by atoms with Gasteiger partial charge in [0.25, 0.3) is 0 Å². The number of furan rings is 2. The minimum atomic E-state index is -0.347. The van der Waals surface area contributed by atoms with Gasteiger partial charge in [0, 0.05) is 58.4 Å². The number of amidine groups is 2. The lowest BCUT2D eigenvalue weighted by Gasteiger charge is -2.24. The van der Waals surface area contributed by atoms with Crippen molar-refractivity contribution >= 4 is 87.1 Å². The fraction of sp³-hybridized carbons (Fsp3) is 0.0222. The molecule has 1 atom stereocenters. The molecule has 240 valence electrons. The molecular weight excluding hydrogens is 647 g/mol. The zero-order valence-electron chi connectivity index (χ0n) is 27.1. The van der Waals surface area contributed by atoms with E-state index in [-0.39, 0.29) is 6.17 Å². The molecule has 1 unspecified atom stereocenters. The van der Waals surface area contributed by atoms with Crippen molar-refractivity contribution in [3.05, 3.63) is 168 Å². The van der Waals surface area contributed by atoms with Crippen LogP contribution in [0.3, 0.4) is 0 Å². The molecule has 5 nitrogen and oxygen atoms in total. The highest BCUT2D eigenvalue weighted by Gasteiger charge is 2.26. The first-order valence-electron chi connectivity index (χ1n) is 17.0. The van der Waals surface area contributed by atoms with Crippen LogP contribution >= 0.6 is 11.3 Å². The van der Waals surface area contributed by atoms with Crippen LogP contribution in [-0.4, -0.2) is 11.7 Å². The molecule has 10 aromatic rings. The molecule has 1 aliphatic heterocycles. The Morgan fingerprint density at radius 1 is 0.510 bits per heavy atom. The molecule has 0 fully saturated rings. The lowest BCUT2D eigenvalue weighted by atomic mass is 10.00. The Balaban J connectivity index is 1.08. The van der Waals surface area contributed by atoms with E-state index >= 15 is 0 Å². The third-order valence-corrected chi connectivity index (χ3v) is 11.2. The maximum absolute atomic E-state index is 6.66. The molecule has 7 aromatic carbocycles. The average molecular weight is 674 g/mol. The zero-order chi connectivity index (χ0) is 33.5. The van der Waals surface area contributed by atoms with Crippen molar-refractivity contribution in [1.82, 2.24) is 5.32 Å². The van der Waals surface area contributed by atoms with Crippen molar-refractivity contribution in [2.75, 3.05) is 0 Å². The lowest BCUT2D eigenvalue weighted by Crippen LogP contribution is -2.33. The van der Waals surface area contributed by atoms with Gasteiger partial charge >= 0.3 is 0 Å². The summed E-state index contributed by atoms with van der Waals surface area (Å²) in [6.45, 7) is 0. The summed E-state index contributed by atoms with van der Waals surface area (Å²) < 4.78 is 15.5. The number of aliphatic imine (C=N–C) groups is 2. The fourth-order valence-corrected chi connectivity index (χ4v) is 8.81. The van der Waals surface area contributed by atoms with E-state index in [0.29, 0.717) is 5.84 Å². The Morgan fingerprint density at radius 3 is 2.06 bits per heavy atom. The summed E-state index contributed by atoms with van der Waals surface area (Å²) in [5, 5.41) is 10.5. The van der Waals surface area contributed by atoms with Crippen molar-refractivity contribution in [2.24, 2.45) is 9.98 Å². The Labute approximate surface area is 295 Å². The summed E-state index contributed by atoms with van der Waals surface area (Å²) in [5.41, 5.74) is 8.45. The van der Waals surface area contributed by atoms with E-state index in [1.807, 2.05) is 41.7 Å². The molecule has 0 bridgehead atoms. The van der Waals surface area contributed by atoms with Crippen LogP contribution < -0.4 is 5.32 Å². The molecule has 0 saturated carbocycles. The Kier molecular flexibility index (Phi) is 6.12. The van der Waals surface area contributed by atoms with Gasteiger partial charge in [-0.2, -0.15) is 0 Å². The molecule has 6 heteroatoms. The van der Waals surface area contributed by atoms with E-state index in [1.54, 1.807) is 0 Å². The maximum atomic E-state index is 6.66. The van der Waals surface area contributed by atoms with Crippen LogP contribution in [0.15, 0.2) is 170 Å². The molecule has 0 saturated heterocycles. The summed E-state index contributed by atoms with van der Waals surface area (Å²) in [5.74, 6) is 1.41. The van der Waals surface area contributed by atoms with Gasteiger partial charge in [0.1, 0.15) is 34.3 Å². The molecule has 1 aliphatic rings. The summed E-state index contributed by atoms with van der Waals surface area (Å²) in [7, 11) is 0. The van der Waals surface area contributed by atoms with Crippen molar-refractivity contribution in [3.8, 4) is 11.1 Å². The van der Waals surface area contributed by atoms with Crippen LogP contribution in [0.25, 0.3) is 75.2 Å². The summed E-state index contributed by atoms with van der Waals surface area (Å²) in [6.07, 6.45) is -0.347. The van der Waals surface area contributed by atoms with Crippen LogP contribution in [0.5, 0.6) is 0 Å². The van der Waals surface area contributed by atoms with Gasteiger partial charge in [-0.05, 0) is 35.9 Å². The normalized spacial score (nSPS) is 14.9. The fourth-order valence-electron chi connectivity index (χ4n) is 7.57. The number of benzene rings is 7. The lowest BCUT2D eigenvalue weighted by molar-refractivity contribution is 0.664. The highest BCUT2D eigenvalue weighted by atomic mass is 32.1. The quantitative estimate of drug-likeness (QED) is 0.202. The second-order valence-electron chi connectivity index (χ2n) is 12.9. The highest BCUT2D eigenvalue weighted by Crippen LogP contribution is 2.41. The number of hydrogen-bond donors (Lipinski definition) is 1. The molecule has 4 heterocycles. The van der Waals surface area contributed by atoms with Gasteiger partial charge in [-0.15, -0.1) is 11.3 Å². The van der Waals surface area contributed by atoms with E-state index < -0.39 is 0 Å². The van der Waals surface area contributed by atoms with Gasteiger partial charge in [-0.3, -0.25) is 0 Å². The molecular formula is C45H27N3O2S.